The van der Waals surface area contributed by atoms with Crippen molar-refractivity contribution in [3.8, 4) is 0 Å². The smallest absolute Gasteiger partial charge is 0.151 e. The van der Waals surface area contributed by atoms with E-state index >= 15 is 0 Å². The van der Waals surface area contributed by atoms with Crippen molar-refractivity contribution in [3.63, 3.8) is 0 Å². The van der Waals surface area contributed by atoms with E-state index < -0.39 is 0 Å². The maximum Gasteiger partial charge on any atom is 0.151 e. The average Bonchev–Trinajstić information content (AvgIpc) is 2.50. The van der Waals surface area contributed by atoms with Gasteiger partial charge in [0.1, 0.15) is 0 Å². The quantitative estimate of drug-likeness (QED) is 0.448. The van der Waals surface area contributed by atoms with Gasteiger partial charge >= 0.3 is 0 Å². The number of carbonyl (C=O) groups is 1. The van der Waals surface area contributed by atoms with Gasteiger partial charge in [0.05, 0.1) is 6.61 Å². The average molecular weight is 282 g/mol. The van der Waals surface area contributed by atoms with Crippen LogP contribution in [-0.2, 0) is 0 Å². The zero-order chi connectivity index (χ0) is 13.9. The molecule has 0 bridgehead atoms. The first-order valence-electron chi connectivity index (χ1n) is 6.48. The number of hydrogen-bond donors (Lipinski definition) is 1. The molecule has 20 heavy (non-hydrogen) atoms. The Morgan fingerprint density at radius 3 is 2.60 bits per heavy atom. The Morgan fingerprint density at radius 1 is 1.00 bits per heavy atom. The molecular formula is C17H14O2S. The Balaban J connectivity index is 2.35. The monoisotopic (exact) mass is 282 g/mol. The number of hydrogen-bond acceptors (Lipinski definition) is 3. The number of fused-ring (bicyclic) bond motifs is 2. The summed E-state index contributed by atoms with van der Waals surface area (Å²) in [5.41, 5.74) is 0.740. The lowest BCUT2D eigenvalue weighted by Gasteiger charge is -2.10. The summed E-state index contributed by atoms with van der Waals surface area (Å²) in [6, 6.07) is 16.0. The van der Waals surface area contributed by atoms with Crippen LogP contribution in [0.15, 0.2) is 53.4 Å². The Morgan fingerprint density at radius 2 is 1.80 bits per heavy atom. The third-order valence-corrected chi connectivity index (χ3v) is 4.43. The summed E-state index contributed by atoms with van der Waals surface area (Å²) in [6.07, 6.45) is 0.936. The lowest BCUT2D eigenvalue weighted by atomic mass is 9.97. The molecule has 0 aromatic heterocycles. The molecule has 3 rings (SSSR count). The van der Waals surface area contributed by atoms with Crippen LogP contribution in [-0.4, -0.2) is 23.8 Å². The lowest BCUT2D eigenvalue weighted by molar-refractivity contribution is 0.112. The molecule has 0 spiro atoms. The minimum Gasteiger partial charge on any atom is -0.396 e. The Bertz CT molecular complexity index is 780. The van der Waals surface area contributed by atoms with Crippen LogP contribution in [0.3, 0.4) is 0 Å². The molecule has 0 aliphatic carbocycles. The second-order valence-corrected chi connectivity index (χ2v) is 5.69. The van der Waals surface area contributed by atoms with Crippen molar-refractivity contribution in [2.45, 2.75) is 4.90 Å². The normalized spacial score (nSPS) is 11.1. The molecular weight excluding hydrogens is 268 g/mol. The molecule has 1 N–H and O–H groups in total. The standard InChI is InChI=1S/C17H14O2S/c18-8-9-20-17-7-3-6-14-15(17)10-12-4-1-2-5-13(12)16(14)11-19/h1-7,10-11,18H,8-9H2. The van der Waals surface area contributed by atoms with Crippen LogP contribution in [0.1, 0.15) is 10.4 Å². The van der Waals surface area contributed by atoms with E-state index in [1.165, 1.54) is 0 Å². The van der Waals surface area contributed by atoms with Crippen molar-refractivity contribution in [1.29, 1.82) is 0 Å². The largest absolute Gasteiger partial charge is 0.396 e. The molecule has 0 heterocycles. The highest BCUT2D eigenvalue weighted by atomic mass is 32.2. The summed E-state index contributed by atoms with van der Waals surface area (Å²) in [4.78, 5) is 12.6. The Hall–Kier alpha value is -1.84. The minimum atomic E-state index is 0.148. The van der Waals surface area contributed by atoms with E-state index in [0.29, 0.717) is 5.75 Å². The topological polar surface area (TPSA) is 37.3 Å². The summed E-state index contributed by atoms with van der Waals surface area (Å²) < 4.78 is 0. The van der Waals surface area contributed by atoms with Gasteiger partial charge in [-0.15, -0.1) is 11.8 Å². The van der Waals surface area contributed by atoms with Crippen LogP contribution < -0.4 is 0 Å². The maximum absolute atomic E-state index is 11.5. The first-order valence-corrected chi connectivity index (χ1v) is 7.47. The van der Waals surface area contributed by atoms with Crippen LogP contribution in [0, 0.1) is 0 Å². The first-order chi connectivity index (χ1) is 9.85. The van der Waals surface area contributed by atoms with Crippen LogP contribution in [0.4, 0.5) is 0 Å². The third kappa shape index (κ3) is 2.19. The van der Waals surface area contributed by atoms with Gasteiger partial charge in [-0.3, -0.25) is 4.79 Å². The molecule has 0 unspecified atom stereocenters. The summed E-state index contributed by atoms with van der Waals surface area (Å²) in [6.45, 7) is 0.148. The highest BCUT2D eigenvalue weighted by Gasteiger charge is 2.09. The number of rotatable bonds is 4. The predicted molar refractivity (Wildman–Crippen MR) is 84.7 cm³/mol. The van der Waals surface area contributed by atoms with E-state index in [1.807, 2.05) is 42.5 Å². The molecule has 0 saturated heterocycles. The van der Waals surface area contributed by atoms with E-state index in [1.54, 1.807) is 11.8 Å². The molecule has 0 amide bonds. The van der Waals surface area contributed by atoms with Crippen molar-refractivity contribution in [3.05, 3.63) is 54.1 Å². The van der Waals surface area contributed by atoms with E-state index in [4.69, 9.17) is 5.11 Å². The van der Waals surface area contributed by atoms with Gasteiger partial charge in [-0.2, -0.15) is 0 Å². The molecule has 0 atom stereocenters. The molecule has 2 nitrogen and oxygen atoms in total. The van der Waals surface area contributed by atoms with E-state index in [2.05, 4.69) is 6.07 Å². The number of aldehydes is 1. The second-order valence-electron chi connectivity index (χ2n) is 4.55. The molecule has 0 saturated carbocycles. The van der Waals surface area contributed by atoms with E-state index in [-0.39, 0.29) is 6.61 Å². The van der Waals surface area contributed by atoms with Gasteiger partial charge in [0.2, 0.25) is 0 Å². The molecule has 3 heteroatoms. The van der Waals surface area contributed by atoms with Gasteiger partial charge in [0, 0.05) is 16.2 Å². The van der Waals surface area contributed by atoms with Crippen LogP contribution in [0.25, 0.3) is 21.5 Å². The number of aliphatic hydroxyl groups excluding tert-OH is 1. The van der Waals surface area contributed by atoms with Gasteiger partial charge in [-0.05, 0) is 33.7 Å². The molecule has 3 aromatic rings. The third-order valence-electron chi connectivity index (χ3n) is 3.37. The number of benzene rings is 3. The van der Waals surface area contributed by atoms with Gasteiger partial charge in [0.25, 0.3) is 0 Å². The van der Waals surface area contributed by atoms with Crippen molar-refractivity contribution >= 4 is 39.6 Å². The predicted octanol–water partition coefficient (Wildman–Crippen LogP) is 3.89. The fourth-order valence-corrected chi connectivity index (χ4v) is 3.32. The maximum atomic E-state index is 11.5. The molecule has 0 aliphatic rings. The SMILES string of the molecule is O=Cc1c2ccccc2cc2c(SCCO)cccc12. The van der Waals surface area contributed by atoms with Crippen molar-refractivity contribution in [2.75, 3.05) is 12.4 Å². The van der Waals surface area contributed by atoms with Crippen LogP contribution >= 0.6 is 11.8 Å². The lowest BCUT2D eigenvalue weighted by Crippen LogP contribution is -1.90. The van der Waals surface area contributed by atoms with Crippen molar-refractivity contribution < 1.29 is 9.90 Å². The van der Waals surface area contributed by atoms with Crippen LogP contribution in [0.5, 0.6) is 0 Å². The van der Waals surface area contributed by atoms with Gasteiger partial charge in [-0.25, -0.2) is 0 Å². The van der Waals surface area contributed by atoms with Crippen molar-refractivity contribution in [2.24, 2.45) is 0 Å². The minimum absolute atomic E-state index is 0.148. The van der Waals surface area contributed by atoms with Crippen molar-refractivity contribution in [1.82, 2.24) is 0 Å². The first kappa shape index (κ1) is 13.2. The fraction of sp³-hybridized carbons (Fsp3) is 0.118. The van der Waals surface area contributed by atoms with E-state index in [0.717, 1.165) is 38.3 Å². The number of thioether (sulfide) groups is 1. The molecule has 0 fully saturated rings. The summed E-state index contributed by atoms with van der Waals surface area (Å²) >= 11 is 1.61. The molecule has 100 valence electrons. The zero-order valence-electron chi connectivity index (χ0n) is 10.9. The fourth-order valence-electron chi connectivity index (χ4n) is 2.50. The molecule has 0 radical (unpaired) electrons. The summed E-state index contributed by atoms with van der Waals surface area (Å²) in [5.74, 6) is 0.655. The molecule has 3 aromatic carbocycles. The highest BCUT2D eigenvalue weighted by molar-refractivity contribution is 7.99. The van der Waals surface area contributed by atoms with Gasteiger partial charge in [0.15, 0.2) is 6.29 Å². The number of aliphatic hydroxyl groups is 1. The second kappa shape index (κ2) is 5.65. The zero-order valence-corrected chi connectivity index (χ0v) is 11.7. The molecule has 0 aliphatic heterocycles. The number of carbonyl (C=O) groups excluding carboxylic acids is 1. The Kier molecular flexibility index (Phi) is 3.72. The van der Waals surface area contributed by atoms with E-state index in [9.17, 15) is 4.79 Å². The van der Waals surface area contributed by atoms with Gasteiger partial charge < -0.3 is 5.11 Å². The van der Waals surface area contributed by atoms with Crippen LogP contribution in [0.2, 0.25) is 0 Å². The summed E-state index contributed by atoms with van der Waals surface area (Å²) in [5, 5.41) is 13.1. The highest BCUT2D eigenvalue weighted by Crippen LogP contribution is 2.33. The Labute approximate surface area is 121 Å². The van der Waals surface area contributed by atoms with Gasteiger partial charge in [-0.1, -0.05) is 36.4 Å². The summed E-state index contributed by atoms with van der Waals surface area (Å²) in [7, 11) is 0.